The zero-order chi connectivity index (χ0) is 14.5. The molecule has 6 heteroatoms. The number of nitrogen functional groups attached to an aromatic ring is 1. The number of benzene rings is 1. The standard InChI is InChI=1S/C14H16N4O2/c1-17(9-11-4-6-16-7-5-11)10-12-2-3-14(18(19)20)13(15)8-12/h2-8H,9-10,15H2,1H3. The normalized spacial score (nSPS) is 10.7. The molecule has 0 bridgehead atoms. The van der Waals surface area contributed by atoms with E-state index in [1.165, 1.54) is 6.07 Å². The van der Waals surface area contributed by atoms with Gasteiger partial charge in [0.2, 0.25) is 0 Å². The molecule has 1 aromatic carbocycles. The summed E-state index contributed by atoms with van der Waals surface area (Å²) in [6.45, 7) is 1.45. The summed E-state index contributed by atoms with van der Waals surface area (Å²) >= 11 is 0. The molecule has 0 saturated carbocycles. The summed E-state index contributed by atoms with van der Waals surface area (Å²) in [7, 11) is 1.98. The largest absolute Gasteiger partial charge is 0.393 e. The molecule has 0 spiro atoms. The second kappa shape index (κ2) is 6.12. The van der Waals surface area contributed by atoms with Gasteiger partial charge >= 0.3 is 0 Å². The van der Waals surface area contributed by atoms with E-state index in [9.17, 15) is 10.1 Å². The molecule has 0 aliphatic heterocycles. The van der Waals surface area contributed by atoms with Gasteiger partial charge in [-0.3, -0.25) is 20.0 Å². The summed E-state index contributed by atoms with van der Waals surface area (Å²) in [5.74, 6) is 0. The van der Waals surface area contributed by atoms with Crippen LogP contribution >= 0.6 is 0 Å². The van der Waals surface area contributed by atoms with Crippen molar-refractivity contribution in [3.05, 3.63) is 64.0 Å². The first kappa shape index (κ1) is 14.0. The number of pyridine rings is 1. The average Bonchev–Trinajstić information content (AvgIpc) is 2.39. The maximum atomic E-state index is 10.7. The van der Waals surface area contributed by atoms with E-state index in [1.54, 1.807) is 24.5 Å². The van der Waals surface area contributed by atoms with Crippen LogP contribution in [0.3, 0.4) is 0 Å². The van der Waals surface area contributed by atoms with E-state index in [1.807, 2.05) is 19.2 Å². The first-order valence-corrected chi connectivity index (χ1v) is 6.16. The second-order valence-corrected chi connectivity index (χ2v) is 4.68. The molecule has 0 aliphatic carbocycles. The number of nitro benzene ring substituents is 1. The lowest BCUT2D eigenvalue weighted by Crippen LogP contribution is -2.17. The van der Waals surface area contributed by atoms with E-state index in [-0.39, 0.29) is 11.4 Å². The lowest BCUT2D eigenvalue weighted by molar-refractivity contribution is -0.383. The second-order valence-electron chi connectivity index (χ2n) is 4.68. The number of aromatic nitrogens is 1. The van der Waals surface area contributed by atoms with Gasteiger partial charge in [0.1, 0.15) is 5.69 Å². The van der Waals surface area contributed by atoms with Gasteiger partial charge in [-0.05, 0) is 36.4 Å². The van der Waals surface area contributed by atoms with Crippen LogP contribution in [-0.2, 0) is 13.1 Å². The fourth-order valence-electron chi connectivity index (χ4n) is 2.04. The molecule has 2 rings (SSSR count). The van der Waals surface area contributed by atoms with Crippen LogP contribution in [0, 0.1) is 10.1 Å². The van der Waals surface area contributed by atoms with Crippen molar-refractivity contribution in [2.24, 2.45) is 0 Å². The minimum atomic E-state index is -0.472. The molecule has 20 heavy (non-hydrogen) atoms. The SMILES string of the molecule is CN(Cc1ccncc1)Cc1ccc([N+](=O)[O-])c(N)c1. The predicted molar refractivity (Wildman–Crippen MR) is 76.9 cm³/mol. The molecule has 1 aromatic heterocycles. The number of hydrogen-bond donors (Lipinski definition) is 1. The summed E-state index contributed by atoms with van der Waals surface area (Å²) < 4.78 is 0. The number of nitrogens with two attached hydrogens (primary N) is 1. The van der Waals surface area contributed by atoms with E-state index in [4.69, 9.17) is 5.73 Å². The number of nitro groups is 1. The van der Waals surface area contributed by atoms with Crippen molar-refractivity contribution in [2.75, 3.05) is 12.8 Å². The monoisotopic (exact) mass is 272 g/mol. The Morgan fingerprint density at radius 2 is 1.85 bits per heavy atom. The third kappa shape index (κ3) is 3.52. The van der Waals surface area contributed by atoms with Gasteiger partial charge in [-0.1, -0.05) is 6.07 Å². The van der Waals surface area contributed by atoms with Crippen LogP contribution in [0.2, 0.25) is 0 Å². The van der Waals surface area contributed by atoms with Crippen LogP contribution in [0.15, 0.2) is 42.7 Å². The van der Waals surface area contributed by atoms with Crippen molar-refractivity contribution >= 4 is 11.4 Å². The van der Waals surface area contributed by atoms with E-state index < -0.39 is 4.92 Å². The molecule has 1 heterocycles. The highest BCUT2D eigenvalue weighted by Gasteiger charge is 2.11. The molecule has 2 N–H and O–H groups in total. The van der Waals surface area contributed by atoms with E-state index >= 15 is 0 Å². The van der Waals surface area contributed by atoms with Crippen LogP contribution in [-0.4, -0.2) is 21.9 Å². The number of anilines is 1. The highest BCUT2D eigenvalue weighted by molar-refractivity contribution is 5.59. The van der Waals surface area contributed by atoms with Gasteiger partial charge < -0.3 is 5.73 Å². The molecule has 2 aromatic rings. The Labute approximate surface area is 117 Å². The third-order valence-electron chi connectivity index (χ3n) is 2.94. The summed E-state index contributed by atoms with van der Waals surface area (Å²) in [6.07, 6.45) is 3.51. The molecule has 0 unspecified atom stereocenters. The van der Waals surface area contributed by atoms with Crippen molar-refractivity contribution < 1.29 is 4.92 Å². The van der Waals surface area contributed by atoms with Crippen molar-refractivity contribution in [1.82, 2.24) is 9.88 Å². The van der Waals surface area contributed by atoms with Crippen LogP contribution in [0.4, 0.5) is 11.4 Å². The van der Waals surface area contributed by atoms with Crippen LogP contribution < -0.4 is 5.73 Å². The molecular weight excluding hydrogens is 256 g/mol. The Bertz CT molecular complexity index is 601. The molecule has 0 radical (unpaired) electrons. The molecule has 104 valence electrons. The summed E-state index contributed by atoms with van der Waals surface area (Å²) in [4.78, 5) is 16.3. The van der Waals surface area contributed by atoms with Gasteiger partial charge in [-0.15, -0.1) is 0 Å². The van der Waals surface area contributed by atoms with Crippen LogP contribution in [0.1, 0.15) is 11.1 Å². The number of hydrogen-bond acceptors (Lipinski definition) is 5. The molecule has 6 nitrogen and oxygen atoms in total. The minimum Gasteiger partial charge on any atom is -0.393 e. The minimum absolute atomic E-state index is 0.0504. The lowest BCUT2D eigenvalue weighted by atomic mass is 10.1. The molecule has 0 saturated heterocycles. The highest BCUT2D eigenvalue weighted by Crippen LogP contribution is 2.22. The topological polar surface area (TPSA) is 85.3 Å². The Hall–Kier alpha value is -2.47. The first-order chi connectivity index (χ1) is 9.56. The van der Waals surface area contributed by atoms with Gasteiger partial charge in [0.05, 0.1) is 4.92 Å². The van der Waals surface area contributed by atoms with E-state index in [2.05, 4.69) is 9.88 Å². The molecular formula is C14H16N4O2. The zero-order valence-corrected chi connectivity index (χ0v) is 11.2. The maximum absolute atomic E-state index is 10.7. The van der Waals surface area contributed by atoms with Crippen molar-refractivity contribution in [2.45, 2.75) is 13.1 Å². The Morgan fingerprint density at radius 1 is 1.20 bits per heavy atom. The predicted octanol–water partition coefficient (Wildman–Crippen LogP) is 2.20. The summed E-state index contributed by atoms with van der Waals surface area (Å²) in [5, 5.41) is 10.7. The van der Waals surface area contributed by atoms with Gasteiger partial charge in [0.15, 0.2) is 0 Å². The third-order valence-corrected chi connectivity index (χ3v) is 2.94. The van der Waals surface area contributed by atoms with Crippen molar-refractivity contribution in [1.29, 1.82) is 0 Å². The van der Waals surface area contributed by atoms with Crippen molar-refractivity contribution in [3.8, 4) is 0 Å². The molecule has 0 amide bonds. The van der Waals surface area contributed by atoms with Crippen LogP contribution in [0.25, 0.3) is 0 Å². The van der Waals surface area contributed by atoms with Gasteiger partial charge in [-0.2, -0.15) is 0 Å². The number of rotatable bonds is 5. The van der Waals surface area contributed by atoms with E-state index in [0.29, 0.717) is 6.54 Å². The first-order valence-electron chi connectivity index (χ1n) is 6.16. The summed E-state index contributed by atoms with van der Waals surface area (Å²) in [5.41, 5.74) is 7.94. The average molecular weight is 272 g/mol. The van der Waals surface area contributed by atoms with Crippen molar-refractivity contribution in [3.63, 3.8) is 0 Å². The van der Waals surface area contributed by atoms with Crippen LogP contribution in [0.5, 0.6) is 0 Å². The highest BCUT2D eigenvalue weighted by atomic mass is 16.6. The molecule has 0 atom stereocenters. The summed E-state index contributed by atoms with van der Waals surface area (Å²) in [6, 6.07) is 8.76. The Morgan fingerprint density at radius 3 is 2.45 bits per heavy atom. The quantitative estimate of drug-likeness (QED) is 0.512. The Balaban J connectivity index is 2.03. The zero-order valence-electron chi connectivity index (χ0n) is 11.2. The maximum Gasteiger partial charge on any atom is 0.292 e. The fourth-order valence-corrected chi connectivity index (χ4v) is 2.04. The molecule has 0 aliphatic rings. The van der Waals surface area contributed by atoms with Gasteiger partial charge in [0, 0.05) is 31.5 Å². The Kier molecular flexibility index (Phi) is 4.27. The fraction of sp³-hybridized carbons (Fsp3) is 0.214. The van der Waals surface area contributed by atoms with Gasteiger partial charge in [-0.25, -0.2) is 0 Å². The lowest BCUT2D eigenvalue weighted by Gasteiger charge is -2.16. The number of nitrogens with zero attached hydrogens (tertiary/aromatic N) is 3. The smallest absolute Gasteiger partial charge is 0.292 e. The molecule has 0 fully saturated rings. The van der Waals surface area contributed by atoms with E-state index in [0.717, 1.165) is 17.7 Å². The van der Waals surface area contributed by atoms with Gasteiger partial charge in [0.25, 0.3) is 5.69 Å².